The summed E-state index contributed by atoms with van der Waals surface area (Å²) in [4.78, 5) is 4.07. The average molecular weight is 191 g/mol. The Morgan fingerprint density at radius 1 is 1.43 bits per heavy atom. The number of aliphatic hydroxyl groups excluding tert-OH is 2. The lowest BCUT2D eigenvalue weighted by Gasteiger charge is -2.20. The summed E-state index contributed by atoms with van der Waals surface area (Å²) in [5.74, 6) is 0.455. The normalized spacial score (nSPS) is 44.9. The molecule has 3 rings (SSSR count). The van der Waals surface area contributed by atoms with Crippen LogP contribution < -0.4 is 0 Å². The molecule has 2 saturated carbocycles. The van der Waals surface area contributed by atoms with Gasteiger partial charge in [-0.3, -0.25) is 4.98 Å². The molecule has 14 heavy (non-hydrogen) atoms. The molecule has 1 aromatic heterocycles. The summed E-state index contributed by atoms with van der Waals surface area (Å²) in [6, 6.07) is 3.88. The van der Waals surface area contributed by atoms with Crippen LogP contribution in [0.3, 0.4) is 0 Å². The van der Waals surface area contributed by atoms with Gasteiger partial charge in [0.05, 0.1) is 12.2 Å². The fraction of sp³-hybridized carbons (Fsp3) is 0.545. The van der Waals surface area contributed by atoms with Gasteiger partial charge in [0.2, 0.25) is 0 Å². The van der Waals surface area contributed by atoms with Gasteiger partial charge >= 0.3 is 0 Å². The van der Waals surface area contributed by atoms with E-state index in [1.165, 1.54) is 0 Å². The first kappa shape index (κ1) is 8.38. The Labute approximate surface area is 82.4 Å². The Hall–Kier alpha value is -0.930. The first-order valence-electron chi connectivity index (χ1n) is 5.02. The van der Waals surface area contributed by atoms with Crippen LogP contribution in [-0.2, 0) is 5.41 Å². The second-order valence-corrected chi connectivity index (χ2v) is 4.43. The molecule has 2 fully saturated rings. The molecule has 0 amide bonds. The van der Waals surface area contributed by atoms with Gasteiger partial charge < -0.3 is 10.2 Å². The lowest BCUT2D eigenvalue weighted by atomic mass is 9.92. The summed E-state index contributed by atoms with van der Waals surface area (Å²) in [5.41, 5.74) is 0.905. The summed E-state index contributed by atoms with van der Waals surface area (Å²) in [6.07, 6.45) is 4.12. The number of hydrogen-bond acceptors (Lipinski definition) is 3. The van der Waals surface area contributed by atoms with Crippen molar-refractivity contribution in [3.05, 3.63) is 30.1 Å². The minimum absolute atomic E-state index is 0.173. The van der Waals surface area contributed by atoms with Crippen molar-refractivity contribution in [1.82, 2.24) is 4.98 Å². The van der Waals surface area contributed by atoms with Crippen LogP contribution in [0.4, 0.5) is 0 Å². The third-order valence-corrected chi connectivity index (χ3v) is 3.77. The predicted octanol–water partition coefficient (Wildman–Crippen LogP) is 0.465. The third kappa shape index (κ3) is 0.863. The summed E-state index contributed by atoms with van der Waals surface area (Å²) >= 11 is 0. The molecule has 0 saturated heterocycles. The summed E-state index contributed by atoms with van der Waals surface area (Å²) in [7, 11) is 0. The topological polar surface area (TPSA) is 53.4 Å². The Morgan fingerprint density at radius 3 is 2.86 bits per heavy atom. The Morgan fingerprint density at radius 2 is 2.29 bits per heavy atom. The molecule has 3 heteroatoms. The molecule has 0 bridgehead atoms. The molecule has 74 valence electrons. The SMILES string of the molecule is OC1CC2CC2(c2cccnc2)C1O. The maximum Gasteiger partial charge on any atom is 0.0898 e. The zero-order valence-electron chi connectivity index (χ0n) is 7.80. The van der Waals surface area contributed by atoms with E-state index in [4.69, 9.17) is 0 Å². The van der Waals surface area contributed by atoms with E-state index in [9.17, 15) is 10.2 Å². The number of nitrogens with zero attached hydrogens (tertiary/aromatic N) is 1. The van der Waals surface area contributed by atoms with Gasteiger partial charge in [0, 0.05) is 17.8 Å². The average Bonchev–Trinajstić information content (AvgIpc) is 2.88. The van der Waals surface area contributed by atoms with Gasteiger partial charge in [-0.25, -0.2) is 0 Å². The zero-order valence-corrected chi connectivity index (χ0v) is 7.80. The summed E-state index contributed by atoms with van der Waals surface area (Å²) in [6.45, 7) is 0. The second-order valence-electron chi connectivity index (χ2n) is 4.43. The molecular weight excluding hydrogens is 178 g/mol. The number of aromatic nitrogens is 1. The maximum absolute atomic E-state index is 9.93. The van der Waals surface area contributed by atoms with Gasteiger partial charge in [-0.2, -0.15) is 0 Å². The van der Waals surface area contributed by atoms with Crippen molar-refractivity contribution >= 4 is 0 Å². The van der Waals surface area contributed by atoms with Crippen molar-refractivity contribution in [3.8, 4) is 0 Å². The van der Waals surface area contributed by atoms with Gasteiger partial charge in [0.1, 0.15) is 0 Å². The highest BCUT2D eigenvalue weighted by molar-refractivity contribution is 5.37. The van der Waals surface area contributed by atoms with E-state index in [-0.39, 0.29) is 5.41 Å². The molecule has 1 aromatic rings. The van der Waals surface area contributed by atoms with Crippen LogP contribution in [0.5, 0.6) is 0 Å². The maximum atomic E-state index is 9.93. The lowest BCUT2D eigenvalue weighted by Crippen LogP contribution is -2.32. The van der Waals surface area contributed by atoms with Gasteiger partial charge in [0.15, 0.2) is 0 Å². The molecular formula is C11H13NO2. The minimum Gasteiger partial charge on any atom is -0.390 e. The molecule has 4 atom stereocenters. The largest absolute Gasteiger partial charge is 0.390 e. The van der Waals surface area contributed by atoms with E-state index >= 15 is 0 Å². The number of hydrogen-bond donors (Lipinski definition) is 2. The first-order valence-corrected chi connectivity index (χ1v) is 5.02. The van der Waals surface area contributed by atoms with E-state index in [1.54, 1.807) is 12.4 Å². The molecule has 2 aliphatic rings. The fourth-order valence-electron chi connectivity index (χ4n) is 2.93. The van der Waals surface area contributed by atoms with Crippen LogP contribution in [0.2, 0.25) is 0 Å². The summed E-state index contributed by atoms with van der Waals surface area (Å²) in [5, 5.41) is 19.5. The van der Waals surface area contributed by atoms with E-state index in [0.29, 0.717) is 5.92 Å². The van der Waals surface area contributed by atoms with Crippen LogP contribution >= 0.6 is 0 Å². The number of aliphatic hydroxyl groups is 2. The fourth-order valence-corrected chi connectivity index (χ4v) is 2.93. The van der Waals surface area contributed by atoms with Crippen molar-refractivity contribution < 1.29 is 10.2 Å². The van der Waals surface area contributed by atoms with Crippen LogP contribution in [-0.4, -0.2) is 27.4 Å². The van der Waals surface area contributed by atoms with Crippen LogP contribution in [0.25, 0.3) is 0 Å². The molecule has 4 unspecified atom stereocenters. The highest BCUT2D eigenvalue weighted by Crippen LogP contribution is 2.64. The molecule has 2 aliphatic carbocycles. The van der Waals surface area contributed by atoms with Crippen molar-refractivity contribution in [2.75, 3.05) is 0 Å². The Bertz CT molecular complexity index is 354. The van der Waals surface area contributed by atoms with E-state index in [2.05, 4.69) is 4.98 Å². The number of fused-ring (bicyclic) bond motifs is 1. The number of rotatable bonds is 1. The van der Waals surface area contributed by atoms with Gasteiger partial charge in [-0.15, -0.1) is 0 Å². The quantitative estimate of drug-likeness (QED) is 0.678. The smallest absolute Gasteiger partial charge is 0.0898 e. The summed E-state index contributed by atoms with van der Waals surface area (Å²) < 4.78 is 0. The van der Waals surface area contributed by atoms with Gasteiger partial charge in [-0.1, -0.05) is 6.07 Å². The molecule has 0 aromatic carbocycles. The highest BCUT2D eigenvalue weighted by Gasteiger charge is 2.66. The van der Waals surface area contributed by atoms with Crippen LogP contribution in [0.1, 0.15) is 18.4 Å². The zero-order chi connectivity index (χ0) is 9.76. The highest BCUT2D eigenvalue weighted by atomic mass is 16.3. The molecule has 0 aliphatic heterocycles. The predicted molar refractivity (Wildman–Crippen MR) is 50.7 cm³/mol. The Kier molecular flexibility index (Phi) is 1.53. The Balaban J connectivity index is 2.01. The van der Waals surface area contributed by atoms with Gasteiger partial charge in [0.25, 0.3) is 0 Å². The molecule has 1 heterocycles. The lowest BCUT2D eigenvalue weighted by molar-refractivity contribution is 0.0164. The molecule has 2 N–H and O–H groups in total. The number of pyridine rings is 1. The van der Waals surface area contributed by atoms with Crippen LogP contribution in [0, 0.1) is 5.92 Å². The van der Waals surface area contributed by atoms with Crippen molar-refractivity contribution in [1.29, 1.82) is 0 Å². The van der Waals surface area contributed by atoms with Crippen molar-refractivity contribution in [3.63, 3.8) is 0 Å². The van der Waals surface area contributed by atoms with Crippen LogP contribution in [0.15, 0.2) is 24.5 Å². The standard InChI is InChI=1S/C11H13NO2/c13-9-4-8-5-11(8,10(9)14)7-2-1-3-12-6-7/h1-3,6,8-10,13-14H,4-5H2. The van der Waals surface area contributed by atoms with Crippen molar-refractivity contribution in [2.24, 2.45) is 5.92 Å². The van der Waals surface area contributed by atoms with E-state index < -0.39 is 12.2 Å². The second kappa shape index (κ2) is 2.55. The van der Waals surface area contributed by atoms with E-state index in [1.807, 2.05) is 12.1 Å². The van der Waals surface area contributed by atoms with Crippen molar-refractivity contribution in [2.45, 2.75) is 30.5 Å². The molecule has 0 spiro atoms. The third-order valence-electron chi connectivity index (χ3n) is 3.77. The minimum atomic E-state index is -0.600. The van der Waals surface area contributed by atoms with E-state index in [0.717, 1.165) is 18.4 Å². The monoisotopic (exact) mass is 191 g/mol. The van der Waals surface area contributed by atoms with Gasteiger partial charge in [-0.05, 0) is 30.4 Å². The molecule has 0 radical (unpaired) electrons. The first-order chi connectivity index (χ1) is 6.75. The molecule has 3 nitrogen and oxygen atoms in total.